The van der Waals surface area contributed by atoms with Crippen molar-refractivity contribution in [2.45, 2.75) is 32.3 Å². The Kier molecular flexibility index (Phi) is 6.89. The molecule has 0 aliphatic rings. The average Bonchev–Trinajstić information content (AvgIpc) is 2.21. The van der Waals surface area contributed by atoms with Gasteiger partial charge in [-0.05, 0) is 12.8 Å². The van der Waals surface area contributed by atoms with Crippen LogP contribution in [-0.2, 0) is 14.3 Å². The number of hydrogen-bond donors (Lipinski definition) is 0. The van der Waals surface area contributed by atoms with Crippen LogP contribution in [0.1, 0.15) is 26.2 Å². The zero-order chi connectivity index (χ0) is 10.8. The van der Waals surface area contributed by atoms with E-state index in [9.17, 15) is 4.79 Å². The number of ether oxygens (including phenoxy) is 2. The molecule has 0 saturated carbocycles. The third-order valence-corrected chi connectivity index (χ3v) is 1.68. The molecular formula is C9H12N2O3. The molecule has 1 unspecified atom stereocenters. The number of carbonyl (C=O) groups excluding carboxylic acids is 1. The summed E-state index contributed by atoms with van der Waals surface area (Å²) in [5.74, 6) is -0.108. The van der Waals surface area contributed by atoms with Gasteiger partial charge in [-0.3, -0.25) is 4.79 Å². The maximum atomic E-state index is 11.2. The molecule has 0 aliphatic heterocycles. The molecule has 14 heavy (non-hydrogen) atoms. The van der Waals surface area contributed by atoms with E-state index in [1.54, 1.807) is 6.92 Å². The molecule has 1 atom stereocenters. The van der Waals surface area contributed by atoms with Gasteiger partial charge in [0.25, 0.3) is 12.5 Å². The van der Waals surface area contributed by atoms with Crippen molar-refractivity contribution in [2.75, 3.05) is 6.61 Å². The molecule has 5 nitrogen and oxygen atoms in total. The SMILES string of the molecule is CCC(=O)C(CCCOC#N)OC#N. The molecule has 0 bridgehead atoms. The Morgan fingerprint density at radius 2 is 2.14 bits per heavy atom. The van der Waals surface area contributed by atoms with Crippen LogP contribution in [0.4, 0.5) is 0 Å². The van der Waals surface area contributed by atoms with Crippen LogP contribution >= 0.6 is 0 Å². The number of rotatable bonds is 7. The van der Waals surface area contributed by atoms with Gasteiger partial charge in [0.2, 0.25) is 0 Å². The molecule has 0 aliphatic carbocycles. The largest absolute Gasteiger partial charge is 0.428 e. The van der Waals surface area contributed by atoms with Crippen molar-refractivity contribution in [2.24, 2.45) is 0 Å². The Balaban J connectivity index is 3.81. The monoisotopic (exact) mass is 196 g/mol. The Morgan fingerprint density at radius 1 is 1.43 bits per heavy atom. The summed E-state index contributed by atoms with van der Waals surface area (Å²) in [6.07, 6.45) is 3.60. The van der Waals surface area contributed by atoms with Crippen molar-refractivity contribution in [1.29, 1.82) is 10.5 Å². The first-order valence-electron chi connectivity index (χ1n) is 4.34. The minimum Gasteiger partial charge on any atom is -0.428 e. The third-order valence-electron chi connectivity index (χ3n) is 1.68. The van der Waals surface area contributed by atoms with Crippen LogP contribution in [0.3, 0.4) is 0 Å². The predicted octanol–water partition coefficient (Wildman–Crippen LogP) is 1.11. The van der Waals surface area contributed by atoms with Crippen LogP contribution in [0.2, 0.25) is 0 Å². The molecule has 0 fully saturated rings. The summed E-state index contributed by atoms with van der Waals surface area (Å²) >= 11 is 0. The van der Waals surface area contributed by atoms with Gasteiger partial charge in [0.15, 0.2) is 11.9 Å². The van der Waals surface area contributed by atoms with Crippen LogP contribution in [0, 0.1) is 23.0 Å². The van der Waals surface area contributed by atoms with Gasteiger partial charge in [0.05, 0.1) is 0 Å². The van der Waals surface area contributed by atoms with Crippen LogP contribution in [0.5, 0.6) is 0 Å². The van der Waals surface area contributed by atoms with E-state index in [1.165, 1.54) is 12.5 Å². The number of hydrogen-bond acceptors (Lipinski definition) is 5. The molecule has 0 radical (unpaired) electrons. The first kappa shape index (κ1) is 12.2. The van der Waals surface area contributed by atoms with Gasteiger partial charge in [0, 0.05) is 6.42 Å². The van der Waals surface area contributed by atoms with E-state index in [4.69, 9.17) is 10.5 Å². The highest BCUT2D eigenvalue weighted by molar-refractivity contribution is 5.82. The van der Waals surface area contributed by atoms with Crippen molar-refractivity contribution in [3.05, 3.63) is 0 Å². The van der Waals surface area contributed by atoms with Crippen molar-refractivity contribution < 1.29 is 14.3 Å². The van der Waals surface area contributed by atoms with Crippen LogP contribution in [-0.4, -0.2) is 18.5 Å². The smallest absolute Gasteiger partial charge is 0.287 e. The fourth-order valence-corrected chi connectivity index (χ4v) is 0.963. The van der Waals surface area contributed by atoms with Crippen LogP contribution in [0.25, 0.3) is 0 Å². The molecule has 0 heterocycles. The summed E-state index contributed by atoms with van der Waals surface area (Å²) in [6.45, 7) is 1.96. The zero-order valence-electron chi connectivity index (χ0n) is 8.02. The standard InChI is InChI=1S/C9H12N2O3/c1-2-8(12)9(14-7-11)4-3-5-13-6-10/h9H,2-5H2,1H3. The van der Waals surface area contributed by atoms with Gasteiger partial charge >= 0.3 is 0 Å². The molecule has 0 spiro atoms. The van der Waals surface area contributed by atoms with E-state index in [-0.39, 0.29) is 12.4 Å². The van der Waals surface area contributed by atoms with Crippen molar-refractivity contribution in [3.8, 4) is 12.5 Å². The summed E-state index contributed by atoms with van der Waals surface area (Å²) in [6, 6.07) is 0. The van der Waals surface area contributed by atoms with Crippen LogP contribution < -0.4 is 0 Å². The average molecular weight is 196 g/mol. The maximum absolute atomic E-state index is 11.2. The lowest BCUT2D eigenvalue weighted by Crippen LogP contribution is -2.22. The van der Waals surface area contributed by atoms with Gasteiger partial charge in [-0.15, -0.1) is 0 Å². The molecule has 0 amide bonds. The molecular weight excluding hydrogens is 184 g/mol. The minimum absolute atomic E-state index is 0.108. The summed E-state index contributed by atoms with van der Waals surface area (Å²) in [5.41, 5.74) is 0. The quantitative estimate of drug-likeness (QED) is 0.450. The van der Waals surface area contributed by atoms with Crippen molar-refractivity contribution in [3.63, 3.8) is 0 Å². The second kappa shape index (κ2) is 7.88. The summed E-state index contributed by atoms with van der Waals surface area (Å²) in [5, 5.41) is 16.3. The van der Waals surface area contributed by atoms with Crippen molar-refractivity contribution in [1.82, 2.24) is 0 Å². The highest BCUT2D eigenvalue weighted by atomic mass is 16.5. The van der Waals surface area contributed by atoms with Crippen molar-refractivity contribution >= 4 is 5.78 Å². The maximum Gasteiger partial charge on any atom is 0.287 e. The van der Waals surface area contributed by atoms with E-state index >= 15 is 0 Å². The Bertz CT molecular complexity index is 252. The number of ketones is 1. The van der Waals surface area contributed by atoms with Gasteiger partial charge in [-0.1, -0.05) is 6.92 Å². The predicted molar refractivity (Wildman–Crippen MR) is 46.6 cm³/mol. The Labute approximate surface area is 82.8 Å². The molecule has 0 N–H and O–H groups in total. The van der Waals surface area contributed by atoms with E-state index < -0.39 is 6.10 Å². The molecule has 0 aromatic heterocycles. The normalized spacial score (nSPS) is 10.8. The molecule has 0 aromatic carbocycles. The molecule has 5 heteroatoms. The zero-order valence-corrected chi connectivity index (χ0v) is 8.02. The second-order valence-corrected chi connectivity index (χ2v) is 2.60. The number of nitriles is 2. The summed E-state index contributed by atoms with van der Waals surface area (Å²) in [7, 11) is 0. The second-order valence-electron chi connectivity index (χ2n) is 2.60. The first-order chi connectivity index (χ1) is 6.76. The molecule has 0 rings (SSSR count). The fraction of sp³-hybridized carbons (Fsp3) is 0.667. The first-order valence-corrected chi connectivity index (χ1v) is 4.34. The van der Waals surface area contributed by atoms with E-state index in [2.05, 4.69) is 9.47 Å². The topological polar surface area (TPSA) is 83.1 Å². The van der Waals surface area contributed by atoms with E-state index in [0.29, 0.717) is 19.3 Å². The molecule has 76 valence electrons. The Hall–Kier alpha value is -1.75. The molecule has 0 saturated heterocycles. The van der Waals surface area contributed by atoms with Gasteiger partial charge in [-0.25, -0.2) is 0 Å². The summed E-state index contributed by atoms with van der Waals surface area (Å²) in [4.78, 5) is 11.2. The lowest BCUT2D eigenvalue weighted by molar-refractivity contribution is -0.127. The summed E-state index contributed by atoms with van der Waals surface area (Å²) < 4.78 is 9.02. The lowest BCUT2D eigenvalue weighted by Gasteiger charge is -2.10. The highest BCUT2D eigenvalue weighted by Crippen LogP contribution is 2.05. The number of carbonyl (C=O) groups is 1. The number of Topliss-reactive ketones (excluding diaryl/α,β-unsaturated/α-hetero) is 1. The van der Waals surface area contributed by atoms with E-state index in [1.807, 2.05) is 0 Å². The third kappa shape index (κ3) is 5.00. The lowest BCUT2D eigenvalue weighted by atomic mass is 10.1. The number of nitrogens with zero attached hydrogens (tertiary/aromatic N) is 2. The van der Waals surface area contributed by atoms with Crippen LogP contribution in [0.15, 0.2) is 0 Å². The minimum atomic E-state index is -0.688. The van der Waals surface area contributed by atoms with E-state index in [0.717, 1.165) is 0 Å². The Morgan fingerprint density at radius 3 is 2.64 bits per heavy atom. The highest BCUT2D eigenvalue weighted by Gasteiger charge is 2.17. The van der Waals surface area contributed by atoms with Gasteiger partial charge in [0.1, 0.15) is 6.61 Å². The molecule has 0 aromatic rings. The van der Waals surface area contributed by atoms with Gasteiger partial charge in [-0.2, -0.15) is 10.5 Å². The fourth-order valence-electron chi connectivity index (χ4n) is 0.963. The van der Waals surface area contributed by atoms with Gasteiger partial charge < -0.3 is 9.47 Å².